The predicted molar refractivity (Wildman–Crippen MR) is 99.9 cm³/mol. The van der Waals surface area contributed by atoms with Crippen LogP contribution in [0, 0.1) is 13.8 Å². The molecule has 1 N–H and O–H groups in total. The van der Waals surface area contributed by atoms with Crippen LogP contribution in [0.1, 0.15) is 43.0 Å². The summed E-state index contributed by atoms with van der Waals surface area (Å²) in [6.45, 7) is 5.35. The number of carbonyl (C=O) groups is 3. The number of amides is 1. The smallest absolute Gasteiger partial charge is 0.348 e. The van der Waals surface area contributed by atoms with Gasteiger partial charge in [0.1, 0.15) is 4.88 Å². The van der Waals surface area contributed by atoms with Crippen LogP contribution >= 0.6 is 11.3 Å². The lowest BCUT2D eigenvalue weighted by Crippen LogP contribution is -2.21. The van der Waals surface area contributed by atoms with Crippen LogP contribution in [0.5, 0.6) is 0 Å². The van der Waals surface area contributed by atoms with Crippen molar-refractivity contribution < 1.29 is 23.9 Å². The first-order valence-electron chi connectivity index (χ1n) is 8.11. The Balaban J connectivity index is 1.98. The predicted octanol–water partition coefficient (Wildman–Crippen LogP) is 3.51. The molecule has 0 saturated carbocycles. The number of benzene rings is 1. The van der Waals surface area contributed by atoms with Gasteiger partial charge in [0, 0.05) is 10.6 Å². The van der Waals surface area contributed by atoms with Gasteiger partial charge in [0.25, 0.3) is 5.91 Å². The van der Waals surface area contributed by atoms with Crippen molar-refractivity contribution in [1.82, 2.24) is 0 Å². The molecule has 1 amide bonds. The number of anilines is 1. The summed E-state index contributed by atoms with van der Waals surface area (Å²) >= 11 is 1.38. The first kappa shape index (κ1) is 19.7. The molecular formula is C19H21NO5S. The number of carbonyl (C=O) groups excluding carboxylic acids is 3. The molecule has 6 nitrogen and oxygen atoms in total. The Morgan fingerprint density at radius 3 is 2.42 bits per heavy atom. The fourth-order valence-corrected chi connectivity index (χ4v) is 3.37. The molecule has 1 aromatic heterocycles. The summed E-state index contributed by atoms with van der Waals surface area (Å²) in [6, 6.07) is 6.61. The van der Waals surface area contributed by atoms with Crippen molar-refractivity contribution in [2.45, 2.75) is 27.2 Å². The maximum absolute atomic E-state index is 12.1. The van der Waals surface area contributed by atoms with Crippen molar-refractivity contribution in [2.75, 3.05) is 19.0 Å². The number of hydrogen-bond donors (Lipinski definition) is 1. The third kappa shape index (κ3) is 4.70. The molecule has 0 bridgehead atoms. The highest BCUT2D eigenvalue weighted by molar-refractivity contribution is 7.14. The van der Waals surface area contributed by atoms with Gasteiger partial charge in [0.05, 0.1) is 12.7 Å². The molecule has 0 radical (unpaired) electrons. The molecule has 138 valence electrons. The molecule has 2 rings (SSSR count). The number of thiophene rings is 1. The number of hydrogen-bond acceptors (Lipinski definition) is 6. The molecule has 0 aliphatic rings. The van der Waals surface area contributed by atoms with Gasteiger partial charge in [0.15, 0.2) is 6.61 Å². The zero-order valence-corrected chi connectivity index (χ0v) is 16.0. The van der Waals surface area contributed by atoms with Crippen LogP contribution < -0.4 is 5.32 Å². The first-order chi connectivity index (χ1) is 12.3. The monoisotopic (exact) mass is 375 g/mol. The summed E-state index contributed by atoms with van der Waals surface area (Å²) in [5.74, 6) is -1.49. The molecule has 0 unspecified atom stereocenters. The largest absolute Gasteiger partial charge is 0.465 e. The van der Waals surface area contributed by atoms with E-state index in [0.717, 1.165) is 22.4 Å². The lowest BCUT2D eigenvalue weighted by Gasteiger charge is -2.10. The lowest BCUT2D eigenvalue weighted by molar-refractivity contribution is -0.119. The topological polar surface area (TPSA) is 81.7 Å². The van der Waals surface area contributed by atoms with Crippen LogP contribution in [-0.2, 0) is 20.7 Å². The molecular weight excluding hydrogens is 354 g/mol. The summed E-state index contributed by atoms with van der Waals surface area (Å²) in [7, 11) is 1.29. The second kappa shape index (κ2) is 8.62. The van der Waals surface area contributed by atoms with Gasteiger partial charge in [-0.1, -0.05) is 13.0 Å². The molecule has 0 spiro atoms. The number of esters is 2. The number of aryl methyl sites for hydroxylation is 3. The molecule has 0 aliphatic carbocycles. The van der Waals surface area contributed by atoms with Crippen molar-refractivity contribution in [3.05, 3.63) is 50.7 Å². The van der Waals surface area contributed by atoms with Gasteiger partial charge < -0.3 is 14.8 Å². The molecule has 1 heterocycles. The summed E-state index contributed by atoms with van der Waals surface area (Å²) in [5, 5.41) is 2.64. The molecule has 0 aliphatic heterocycles. The quantitative estimate of drug-likeness (QED) is 0.782. The van der Waals surface area contributed by atoms with Gasteiger partial charge in [0.2, 0.25) is 0 Å². The Morgan fingerprint density at radius 1 is 1.08 bits per heavy atom. The summed E-state index contributed by atoms with van der Waals surface area (Å²) in [5.41, 5.74) is 2.61. The number of ether oxygens (including phenoxy) is 2. The fraction of sp³-hybridized carbons (Fsp3) is 0.316. The maximum atomic E-state index is 12.1. The van der Waals surface area contributed by atoms with E-state index in [-0.39, 0.29) is 0 Å². The van der Waals surface area contributed by atoms with E-state index < -0.39 is 24.5 Å². The number of rotatable bonds is 6. The van der Waals surface area contributed by atoms with Gasteiger partial charge >= 0.3 is 11.9 Å². The van der Waals surface area contributed by atoms with Gasteiger partial charge in [-0.2, -0.15) is 0 Å². The zero-order chi connectivity index (χ0) is 19.3. The second-order valence-electron chi connectivity index (χ2n) is 5.72. The SMILES string of the molecule is CCc1sc(C(=O)OCC(=O)Nc2cc(C(=O)OC)ccc2C)cc1C. The minimum atomic E-state index is -0.520. The van der Waals surface area contributed by atoms with E-state index in [1.807, 2.05) is 13.8 Å². The van der Waals surface area contributed by atoms with E-state index in [4.69, 9.17) is 4.74 Å². The van der Waals surface area contributed by atoms with Gasteiger partial charge in [-0.05, 0) is 49.6 Å². The Kier molecular flexibility index (Phi) is 6.52. The van der Waals surface area contributed by atoms with E-state index in [1.54, 1.807) is 25.1 Å². The van der Waals surface area contributed by atoms with E-state index in [9.17, 15) is 14.4 Å². The minimum absolute atomic E-state index is 0.326. The van der Waals surface area contributed by atoms with Gasteiger partial charge in [-0.25, -0.2) is 9.59 Å². The summed E-state index contributed by atoms with van der Waals surface area (Å²) in [4.78, 5) is 37.3. The average Bonchev–Trinajstić information content (AvgIpc) is 3.01. The molecule has 26 heavy (non-hydrogen) atoms. The molecule has 0 saturated heterocycles. The number of methoxy groups -OCH3 is 1. The summed E-state index contributed by atoms with van der Waals surface area (Å²) in [6.07, 6.45) is 0.847. The van der Waals surface area contributed by atoms with Gasteiger partial charge in [-0.3, -0.25) is 4.79 Å². The van der Waals surface area contributed by atoms with Crippen LogP contribution in [0.4, 0.5) is 5.69 Å². The average molecular weight is 375 g/mol. The van der Waals surface area contributed by atoms with Gasteiger partial charge in [-0.15, -0.1) is 11.3 Å². The van der Waals surface area contributed by atoms with E-state index in [0.29, 0.717) is 16.1 Å². The van der Waals surface area contributed by atoms with Crippen LogP contribution in [0.25, 0.3) is 0 Å². The highest BCUT2D eigenvalue weighted by Gasteiger charge is 2.16. The third-order valence-electron chi connectivity index (χ3n) is 3.81. The molecule has 2 aromatic rings. The molecule has 7 heteroatoms. The van der Waals surface area contributed by atoms with Crippen LogP contribution in [-0.4, -0.2) is 31.6 Å². The Labute approximate surface area is 156 Å². The zero-order valence-electron chi connectivity index (χ0n) is 15.2. The number of nitrogens with one attached hydrogen (secondary N) is 1. The lowest BCUT2D eigenvalue weighted by atomic mass is 10.1. The van der Waals surface area contributed by atoms with Crippen molar-refractivity contribution in [3.8, 4) is 0 Å². The van der Waals surface area contributed by atoms with Crippen molar-refractivity contribution in [2.24, 2.45) is 0 Å². The van der Waals surface area contributed by atoms with Crippen LogP contribution in [0.2, 0.25) is 0 Å². The van der Waals surface area contributed by atoms with Crippen molar-refractivity contribution >= 4 is 34.9 Å². The molecule has 0 fully saturated rings. The third-order valence-corrected chi connectivity index (χ3v) is 5.17. The Morgan fingerprint density at radius 2 is 1.81 bits per heavy atom. The van der Waals surface area contributed by atoms with Crippen LogP contribution in [0.15, 0.2) is 24.3 Å². The van der Waals surface area contributed by atoms with E-state index in [1.165, 1.54) is 24.5 Å². The standard InChI is InChI=1S/C19H21NO5S/c1-5-15-12(3)8-16(26-15)19(23)25-10-17(21)20-14-9-13(18(22)24-4)7-6-11(14)2/h6-9H,5,10H2,1-4H3,(H,20,21). The fourth-order valence-electron chi connectivity index (χ4n) is 2.36. The second-order valence-corrected chi connectivity index (χ2v) is 6.85. The first-order valence-corrected chi connectivity index (χ1v) is 8.92. The Bertz CT molecular complexity index is 840. The van der Waals surface area contributed by atoms with Crippen LogP contribution in [0.3, 0.4) is 0 Å². The highest BCUT2D eigenvalue weighted by atomic mass is 32.1. The molecule has 0 atom stereocenters. The van der Waals surface area contributed by atoms with E-state index >= 15 is 0 Å². The van der Waals surface area contributed by atoms with Crippen molar-refractivity contribution in [1.29, 1.82) is 0 Å². The minimum Gasteiger partial charge on any atom is -0.465 e. The van der Waals surface area contributed by atoms with E-state index in [2.05, 4.69) is 10.1 Å². The normalized spacial score (nSPS) is 10.3. The van der Waals surface area contributed by atoms with Crippen molar-refractivity contribution in [3.63, 3.8) is 0 Å². The highest BCUT2D eigenvalue weighted by Crippen LogP contribution is 2.23. The molecule has 1 aromatic carbocycles. The summed E-state index contributed by atoms with van der Waals surface area (Å²) < 4.78 is 9.75. The Hall–Kier alpha value is -2.67. The maximum Gasteiger partial charge on any atom is 0.348 e.